The van der Waals surface area contributed by atoms with Crippen LogP contribution in [0.5, 0.6) is 0 Å². The van der Waals surface area contributed by atoms with E-state index in [1.165, 1.54) is 4.90 Å². The van der Waals surface area contributed by atoms with Crippen LogP contribution < -0.4 is 5.73 Å². The second-order valence-electron chi connectivity index (χ2n) is 8.32. The number of aromatic nitrogens is 2. The Bertz CT molecular complexity index is 877. The maximum atomic E-state index is 13.6. The quantitative estimate of drug-likeness (QED) is 0.654. The molecule has 0 spiro atoms. The summed E-state index contributed by atoms with van der Waals surface area (Å²) < 4.78 is 67.5. The number of nitrogens with two attached hydrogens (primary N) is 1. The molecule has 0 unspecified atom stereocenters. The van der Waals surface area contributed by atoms with Crippen LogP contribution in [0.1, 0.15) is 55.4 Å². The van der Waals surface area contributed by atoms with E-state index < -0.39 is 48.6 Å². The van der Waals surface area contributed by atoms with Crippen molar-refractivity contribution in [2.75, 3.05) is 19.6 Å². The first-order chi connectivity index (χ1) is 14.9. The SMILES string of the molecule is CCCc1nc2c(c(C(F)(F)F)n1)CCN(C(=O)C[C@H](N)CN1CC(F)(F)CCC1=O)C2. The number of carbonyl (C=O) groups is 2. The lowest BCUT2D eigenvalue weighted by Crippen LogP contribution is -2.51. The summed E-state index contributed by atoms with van der Waals surface area (Å²) in [6.45, 7) is 0.812. The second kappa shape index (κ2) is 9.24. The molecule has 2 aliphatic rings. The molecule has 1 aromatic heterocycles. The van der Waals surface area contributed by atoms with Gasteiger partial charge in [0.15, 0.2) is 5.69 Å². The van der Waals surface area contributed by atoms with Crippen LogP contribution in [0.15, 0.2) is 0 Å². The van der Waals surface area contributed by atoms with Gasteiger partial charge in [0, 0.05) is 50.4 Å². The van der Waals surface area contributed by atoms with Gasteiger partial charge in [0.1, 0.15) is 5.82 Å². The molecule has 1 fully saturated rings. The van der Waals surface area contributed by atoms with Gasteiger partial charge in [-0.15, -0.1) is 0 Å². The molecule has 2 N–H and O–H groups in total. The van der Waals surface area contributed by atoms with Crippen LogP contribution in [0.2, 0.25) is 0 Å². The minimum absolute atomic E-state index is 0.00755. The zero-order valence-electron chi connectivity index (χ0n) is 17.7. The minimum Gasteiger partial charge on any atom is -0.336 e. The van der Waals surface area contributed by atoms with Gasteiger partial charge < -0.3 is 15.5 Å². The molecule has 1 saturated heterocycles. The highest BCUT2D eigenvalue weighted by molar-refractivity contribution is 5.78. The Kier molecular flexibility index (Phi) is 7.01. The summed E-state index contributed by atoms with van der Waals surface area (Å²) in [4.78, 5) is 34.8. The third-order valence-corrected chi connectivity index (χ3v) is 5.58. The van der Waals surface area contributed by atoms with Crippen molar-refractivity contribution < 1.29 is 31.5 Å². The van der Waals surface area contributed by atoms with Crippen molar-refractivity contribution in [3.05, 3.63) is 22.8 Å². The first-order valence-corrected chi connectivity index (χ1v) is 10.5. The second-order valence-corrected chi connectivity index (χ2v) is 8.32. The maximum absolute atomic E-state index is 13.6. The van der Waals surface area contributed by atoms with Crippen LogP contribution in [-0.4, -0.2) is 63.2 Å². The van der Waals surface area contributed by atoms with E-state index in [1.54, 1.807) is 6.92 Å². The average Bonchev–Trinajstić information content (AvgIpc) is 2.69. The van der Waals surface area contributed by atoms with Gasteiger partial charge in [-0.05, 0) is 12.8 Å². The molecule has 0 aliphatic carbocycles. The van der Waals surface area contributed by atoms with Crippen LogP contribution >= 0.6 is 0 Å². The lowest BCUT2D eigenvalue weighted by atomic mass is 10.0. The van der Waals surface area contributed by atoms with Crippen LogP contribution in [0, 0.1) is 0 Å². The number of alkyl halides is 5. The number of fused-ring (bicyclic) bond motifs is 1. The van der Waals surface area contributed by atoms with Gasteiger partial charge in [-0.2, -0.15) is 13.2 Å². The van der Waals surface area contributed by atoms with Gasteiger partial charge in [0.2, 0.25) is 11.8 Å². The molecule has 0 bridgehead atoms. The van der Waals surface area contributed by atoms with Crippen molar-refractivity contribution in [1.29, 1.82) is 0 Å². The fourth-order valence-corrected chi connectivity index (χ4v) is 4.03. The van der Waals surface area contributed by atoms with Gasteiger partial charge in [0.05, 0.1) is 18.8 Å². The molecule has 178 valence electrons. The average molecular weight is 463 g/mol. The molecule has 3 heterocycles. The number of hydrogen-bond donors (Lipinski definition) is 1. The lowest BCUT2D eigenvalue weighted by molar-refractivity contribution is -0.148. The maximum Gasteiger partial charge on any atom is 0.433 e. The zero-order valence-corrected chi connectivity index (χ0v) is 17.7. The standard InChI is InChI=1S/C20H26F5N5O2/c1-2-3-15-27-14-10-29(7-5-13(14)18(28-15)20(23,24)25)17(32)8-12(26)9-30-11-19(21,22)6-4-16(30)31/h12H,2-11,26H2,1H3/t12-/m0/s1. The predicted octanol–water partition coefficient (Wildman–Crippen LogP) is 2.31. The van der Waals surface area contributed by atoms with Crippen LogP contribution in [0.4, 0.5) is 22.0 Å². The largest absolute Gasteiger partial charge is 0.433 e. The first-order valence-electron chi connectivity index (χ1n) is 10.5. The van der Waals surface area contributed by atoms with E-state index >= 15 is 0 Å². The molecule has 2 amide bonds. The molecular formula is C20H26F5N5O2. The van der Waals surface area contributed by atoms with E-state index in [-0.39, 0.29) is 62.4 Å². The number of piperidine rings is 1. The topological polar surface area (TPSA) is 92.4 Å². The third kappa shape index (κ3) is 5.70. The predicted molar refractivity (Wildman–Crippen MR) is 104 cm³/mol. The highest BCUT2D eigenvalue weighted by atomic mass is 19.4. The van der Waals surface area contributed by atoms with Crippen LogP contribution in [-0.2, 0) is 35.2 Å². The number of aryl methyl sites for hydroxylation is 1. The third-order valence-electron chi connectivity index (χ3n) is 5.58. The van der Waals surface area contributed by atoms with E-state index in [1.807, 2.05) is 0 Å². The van der Waals surface area contributed by atoms with Crippen molar-refractivity contribution in [2.45, 2.75) is 70.1 Å². The summed E-state index contributed by atoms with van der Waals surface area (Å²) >= 11 is 0. The van der Waals surface area contributed by atoms with Crippen molar-refractivity contribution in [3.8, 4) is 0 Å². The Morgan fingerprint density at radius 3 is 2.62 bits per heavy atom. The first kappa shape index (κ1) is 24.3. The van der Waals surface area contributed by atoms with Gasteiger partial charge in [-0.3, -0.25) is 9.59 Å². The van der Waals surface area contributed by atoms with Crippen molar-refractivity contribution >= 4 is 11.8 Å². The molecule has 3 rings (SSSR count). The number of nitrogens with zero attached hydrogens (tertiary/aromatic N) is 4. The van der Waals surface area contributed by atoms with Crippen molar-refractivity contribution in [3.63, 3.8) is 0 Å². The van der Waals surface area contributed by atoms with Gasteiger partial charge in [0.25, 0.3) is 5.92 Å². The fourth-order valence-electron chi connectivity index (χ4n) is 4.03. The Hall–Kier alpha value is -2.37. The number of hydrogen-bond acceptors (Lipinski definition) is 5. The van der Waals surface area contributed by atoms with Crippen LogP contribution in [0.25, 0.3) is 0 Å². The molecular weight excluding hydrogens is 437 g/mol. The monoisotopic (exact) mass is 463 g/mol. The normalized spacial score (nSPS) is 19.7. The summed E-state index contributed by atoms with van der Waals surface area (Å²) in [5.74, 6) is -3.77. The summed E-state index contributed by atoms with van der Waals surface area (Å²) in [6, 6.07) is -0.867. The van der Waals surface area contributed by atoms with E-state index in [0.717, 1.165) is 4.90 Å². The molecule has 0 aromatic carbocycles. The molecule has 2 aliphatic heterocycles. The Morgan fingerprint density at radius 1 is 1.25 bits per heavy atom. The van der Waals surface area contributed by atoms with Crippen molar-refractivity contribution in [2.24, 2.45) is 5.73 Å². The number of rotatable bonds is 6. The fraction of sp³-hybridized carbons (Fsp3) is 0.700. The smallest absolute Gasteiger partial charge is 0.336 e. The summed E-state index contributed by atoms with van der Waals surface area (Å²) in [7, 11) is 0. The number of halogens is 5. The molecule has 32 heavy (non-hydrogen) atoms. The van der Waals surface area contributed by atoms with E-state index in [4.69, 9.17) is 5.73 Å². The van der Waals surface area contributed by atoms with E-state index in [0.29, 0.717) is 6.42 Å². The number of amides is 2. The Balaban J connectivity index is 1.67. The molecule has 12 heteroatoms. The van der Waals surface area contributed by atoms with Gasteiger partial charge in [-0.25, -0.2) is 18.7 Å². The zero-order chi connectivity index (χ0) is 23.7. The molecule has 7 nitrogen and oxygen atoms in total. The highest BCUT2D eigenvalue weighted by Gasteiger charge is 2.40. The van der Waals surface area contributed by atoms with Gasteiger partial charge in [-0.1, -0.05) is 6.92 Å². The van der Waals surface area contributed by atoms with Crippen molar-refractivity contribution in [1.82, 2.24) is 19.8 Å². The molecule has 1 aromatic rings. The summed E-state index contributed by atoms with van der Waals surface area (Å²) in [6.07, 6.45) is -4.82. The molecule has 0 radical (unpaired) electrons. The number of carbonyl (C=O) groups excluding carboxylic acids is 2. The van der Waals surface area contributed by atoms with E-state index in [2.05, 4.69) is 9.97 Å². The number of likely N-dealkylation sites (tertiary alicyclic amines) is 1. The minimum atomic E-state index is -4.62. The van der Waals surface area contributed by atoms with E-state index in [9.17, 15) is 31.5 Å². The van der Waals surface area contributed by atoms with Gasteiger partial charge >= 0.3 is 6.18 Å². The summed E-state index contributed by atoms with van der Waals surface area (Å²) in [5, 5.41) is 0. The highest BCUT2D eigenvalue weighted by Crippen LogP contribution is 2.34. The Morgan fingerprint density at radius 2 is 1.97 bits per heavy atom. The molecule has 1 atom stereocenters. The summed E-state index contributed by atoms with van der Waals surface area (Å²) in [5.41, 5.74) is 5.14. The van der Waals surface area contributed by atoms with Crippen LogP contribution in [0.3, 0.4) is 0 Å². The lowest BCUT2D eigenvalue weighted by Gasteiger charge is -2.34. The molecule has 0 saturated carbocycles. The Labute approximate surface area is 182 Å².